The van der Waals surface area contributed by atoms with Gasteiger partial charge in [-0.25, -0.2) is 8.78 Å². The molecule has 0 rings (SSSR count). The number of alkyl halides is 2. The van der Waals surface area contributed by atoms with Gasteiger partial charge in [0.1, 0.15) is 5.25 Å². The van der Waals surface area contributed by atoms with Gasteiger partial charge in [0, 0.05) is 12.8 Å². The topological polar surface area (TPSA) is 26.3 Å². The Morgan fingerprint density at radius 1 is 1.19 bits per heavy atom. The molecule has 0 fully saturated rings. The number of hydrogen-bond donors (Lipinski definition) is 0. The average Bonchev–Trinajstić information content (AvgIpc) is 2.35. The third kappa shape index (κ3) is 11.0. The first kappa shape index (κ1) is 20.7. The van der Waals surface area contributed by atoms with Crippen molar-refractivity contribution in [3.63, 3.8) is 0 Å². The second-order valence-corrected chi connectivity index (χ2v) is 7.45. The number of thioether (sulfide) groups is 1. The minimum Gasteiger partial charge on any atom is -0.462 e. The number of carbonyl (C=O) groups is 1. The quantitative estimate of drug-likeness (QED) is 0.381. The Balaban J connectivity index is 4.10. The van der Waals surface area contributed by atoms with Gasteiger partial charge in [0.2, 0.25) is 5.92 Å². The van der Waals surface area contributed by atoms with Crippen LogP contribution in [0.4, 0.5) is 8.78 Å². The fourth-order valence-electron chi connectivity index (χ4n) is 1.86. The summed E-state index contributed by atoms with van der Waals surface area (Å²) in [6.07, 6.45) is 1.70. The van der Waals surface area contributed by atoms with Crippen LogP contribution >= 0.6 is 11.8 Å². The van der Waals surface area contributed by atoms with Crippen molar-refractivity contribution < 1.29 is 18.3 Å². The van der Waals surface area contributed by atoms with Crippen LogP contribution in [0.2, 0.25) is 0 Å². The lowest BCUT2D eigenvalue weighted by Gasteiger charge is -2.19. The zero-order valence-electron chi connectivity index (χ0n) is 14.0. The Morgan fingerprint density at radius 3 is 2.29 bits per heavy atom. The molecule has 0 amide bonds. The standard InChI is InChI=1S/C16H30F2O2S/c1-6-16(17,18)9-7-8-10-21-14(11-12(2)3)15(19)20-13(4)5/h12-14H,6-11H2,1-5H3. The van der Waals surface area contributed by atoms with Gasteiger partial charge in [0.05, 0.1) is 6.10 Å². The summed E-state index contributed by atoms with van der Waals surface area (Å²) in [5.74, 6) is -1.59. The summed E-state index contributed by atoms with van der Waals surface area (Å²) >= 11 is 1.54. The third-order valence-corrected chi connectivity index (χ3v) is 4.39. The second-order valence-electron chi connectivity index (χ2n) is 6.14. The van der Waals surface area contributed by atoms with Crippen molar-refractivity contribution in [2.75, 3.05) is 5.75 Å². The lowest BCUT2D eigenvalue weighted by molar-refractivity contribution is -0.147. The largest absolute Gasteiger partial charge is 0.462 e. The van der Waals surface area contributed by atoms with Crippen molar-refractivity contribution in [1.82, 2.24) is 0 Å². The summed E-state index contributed by atoms with van der Waals surface area (Å²) < 4.78 is 31.5. The van der Waals surface area contributed by atoms with Crippen molar-refractivity contribution in [2.24, 2.45) is 5.92 Å². The molecule has 0 N–H and O–H groups in total. The van der Waals surface area contributed by atoms with Crippen LogP contribution in [0, 0.1) is 5.92 Å². The molecule has 0 aliphatic carbocycles. The molecule has 1 atom stereocenters. The van der Waals surface area contributed by atoms with Crippen molar-refractivity contribution in [3.8, 4) is 0 Å². The van der Waals surface area contributed by atoms with Crippen LogP contribution in [0.15, 0.2) is 0 Å². The summed E-state index contributed by atoms with van der Waals surface area (Å²) in [6.45, 7) is 9.31. The minimum absolute atomic E-state index is 0.0602. The first-order chi connectivity index (χ1) is 9.68. The number of esters is 1. The van der Waals surface area contributed by atoms with E-state index in [1.165, 1.54) is 18.7 Å². The van der Waals surface area contributed by atoms with E-state index in [-0.39, 0.29) is 30.2 Å². The highest BCUT2D eigenvalue weighted by Crippen LogP contribution is 2.27. The van der Waals surface area contributed by atoms with Crippen molar-refractivity contribution in [2.45, 2.75) is 84.0 Å². The Bertz CT molecular complexity index is 294. The fourth-order valence-corrected chi connectivity index (χ4v) is 3.22. The summed E-state index contributed by atoms with van der Waals surface area (Å²) in [7, 11) is 0. The summed E-state index contributed by atoms with van der Waals surface area (Å²) in [4.78, 5) is 12.0. The van der Waals surface area contributed by atoms with Gasteiger partial charge in [-0.15, -0.1) is 11.8 Å². The highest BCUT2D eigenvalue weighted by molar-refractivity contribution is 8.00. The van der Waals surface area contributed by atoms with Gasteiger partial charge in [-0.2, -0.15) is 0 Å². The number of unbranched alkanes of at least 4 members (excludes halogenated alkanes) is 1. The Hall–Kier alpha value is -0.320. The van der Waals surface area contributed by atoms with E-state index in [0.717, 1.165) is 12.2 Å². The fraction of sp³-hybridized carbons (Fsp3) is 0.938. The maximum Gasteiger partial charge on any atom is 0.319 e. The van der Waals surface area contributed by atoms with Gasteiger partial charge in [0.15, 0.2) is 0 Å². The van der Waals surface area contributed by atoms with E-state index >= 15 is 0 Å². The molecule has 0 aliphatic heterocycles. The van der Waals surface area contributed by atoms with Crippen LogP contribution < -0.4 is 0 Å². The minimum atomic E-state index is -2.54. The molecule has 0 heterocycles. The smallest absolute Gasteiger partial charge is 0.319 e. The molecule has 21 heavy (non-hydrogen) atoms. The molecule has 0 radical (unpaired) electrons. The van der Waals surface area contributed by atoms with E-state index in [2.05, 4.69) is 13.8 Å². The summed E-state index contributed by atoms with van der Waals surface area (Å²) in [6, 6.07) is 0. The van der Waals surface area contributed by atoms with Crippen molar-refractivity contribution in [1.29, 1.82) is 0 Å². The lowest BCUT2D eigenvalue weighted by atomic mass is 10.1. The molecule has 5 heteroatoms. The van der Waals surface area contributed by atoms with E-state index in [1.54, 1.807) is 0 Å². The van der Waals surface area contributed by atoms with Crippen LogP contribution in [0.5, 0.6) is 0 Å². The van der Waals surface area contributed by atoms with Crippen LogP contribution in [0.25, 0.3) is 0 Å². The van der Waals surface area contributed by atoms with Crippen molar-refractivity contribution in [3.05, 3.63) is 0 Å². The number of ether oxygens (including phenoxy) is 1. The van der Waals surface area contributed by atoms with Gasteiger partial charge in [0.25, 0.3) is 0 Å². The van der Waals surface area contributed by atoms with Crippen molar-refractivity contribution >= 4 is 17.7 Å². The van der Waals surface area contributed by atoms with Gasteiger partial charge in [-0.05, 0) is 44.8 Å². The van der Waals surface area contributed by atoms with Crippen LogP contribution in [-0.4, -0.2) is 29.0 Å². The molecule has 126 valence electrons. The van der Waals surface area contributed by atoms with Crippen LogP contribution in [0.3, 0.4) is 0 Å². The van der Waals surface area contributed by atoms with Crippen LogP contribution in [-0.2, 0) is 9.53 Å². The summed E-state index contributed by atoms with van der Waals surface area (Å²) in [5.41, 5.74) is 0. The summed E-state index contributed by atoms with van der Waals surface area (Å²) in [5, 5.41) is -0.181. The molecule has 0 aromatic carbocycles. The predicted octanol–water partition coefficient (Wildman–Crippen LogP) is 5.30. The molecule has 0 spiro atoms. The van der Waals surface area contributed by atoms with E-state index in [1.807, 2.05) is 13.8 Å². The molecule has 0 saturated carbocycles. The highest BCUT2D eigenvalue weighted by atomic mass is 32.2. The second kappa shape index (κ2) is 10.4. The molecule has 0 bridgehead atoms. The molecular weight excluding hydrogens is 294 g/mol. The Kier molecular flexibility index (Phi) is 10.3. The van der Waals surface area contributed by atoms with Gasteiger partial charge < -0.3 is 4.74 Å². The predicted molar refractivity (Wildman–Crippen MR) is 86.0 cm³/mol. The third-order valence-electron chi connectivity index (χ3n) is 3.07. The molecule has 1 unspecified atom stereocenters. The molecule has 0 aromatic rings. The zero-order valence-corrected chi connectivity index (χ0v) is 14.8. The number of hydrogen-bond acceptors (Lipinski definition) is 3. The number of carbonyl (C=O) groups excluding carboxylic acids is 1. The van der Waals surface area contributed by atoms with E-state index < -0.39 is 5.92 Å². The monoisotopic (exact) mass is 324 g/mol. The van der Waals surface area contributed by atoms with Crippen LogP contribution in [0.1, 0.15) is 66.7 Å². The van der Waals surface area contributed by atoms with E-state index in [0.29, 0.717) is 18.8 Å². The maximum atomic E-state index is 13.1. The average molecular weight is 324 g/mol. The normalized spacial score (nSPS) is 13.8. The molecule has 0 aromatic heterocycles. The Morgan fingerprint density at radius 2 is 1.81 bits per heavy atom. The molecule has 2 nitrogen and oxygen atoms in total. The molecular formula is C16H30F2O2S. The van der Waals surface area contributed by atoms with Gasteiger partial charge in [-0.1, -0.05) is 20.8 Å². The first-order valence-corrected chi connectivity index (χ1v) is 8.92. The maximum absolute atomic E-state index is 13.1. The molecule has 0 aliphatic rings. The highest BCUT2D eigenvalue weighted by Gasteiger charge is 2.25. The van der Waals surface area contributed by atoms with Gasteiger partial charge in [-0.3, -0.25) is 4.79 Å². The zero-order chi connectivity index (χ0) is 16.5. The first-order valence-electron chi connectivity index (χ1n) is 7.88. The van der Waals surface area contributed by atoms with Gasteiger partial charge >= 0.3 is 5.97 Å². The van der Waals surface area contributed by atoms with E-state index in [4.69, 9.17) is 4.74 Å². The molecule has 0 saturated heterocycles. The number of rotatable bonds is 11. The number of halogens is 2. The Labute approximate surface area is 132 Å². The lowest BCUT2D eigenvalue weighted by Crippen LogP contribution is -2.25. The SMILES string of the molecule is CCC(F)(F)CCCCSC(CC(C)C)C(=O)OC(C)C. The van der Waals surface area contributed by atoms with E-state index in [9.17, 15) is 13.6 Å².